The second kappa shape index (κ2) is 10.9. The number of hydrogen-bond donors (Lipinski definition) is 2. The van der Waals surface area contributed by atoms with Crippen LogP contribution in [0.25, 0.3) is 0 Å². The average Bonchev–Trinajstić information content (AvgIpc) is 2.82. The van der Waals surface area contributed by atoms with Crippen molar-refractivity contribution in [2.24, 2.45) is 5.92 Å². The van der Waals surface area contributed by atoms with Crippen LogP contribution in [0.5, 0.6) is 0 Å². The normalized spacial score (nSPS) is 18.1. The molecule has 2 aliphatic rings. The second-order valence-corrected chi connectivity index (χ2v) is 9.41. The van der Waals surface area contributed by atoms with Crippen LogP contribution in [0, 0.1) is 18.7 Å². The van der Waals surface area contributed by atoms with Crippen LogP contribution in [0.15, 0.2) is 36.7 Å². The molecule has 0 bridgehead atoms. The van der Waals surface area contributed by atoms with Gasteiger partial charge in [-0.3, -0.25) is 19.5 Å². The minimum atomic E-state index is -0.289. The van der Waals surface area contributed by atoms with E-state index in [1.807, 2.05) is 6.92 Å². The maximum Gasteiger partial charge on any atom is 0.257 e. The molecule has 0 atom stereocenters. The van der Waals surface area contributed by atoms with Crippen molar-refractivity contribution in [3.8, 4) is 0 Å². The van der Waals surface area contributed by atoms with E-state index in [0.717, 1.165) is 44.3 Å². The number of aromatic nitrogens is 1. The van der Waals surface area contributed by atoms with Crippen LogP contribution >= 0.6 is 0 Å². The fourth-order valence-corrected chi connectivity index (χ4v) is 4.82. The Morgan fingerprint density at radius 1 is 1.06 bits per heavy atom. The van der Waals surface area contributed by atoms with E-state index in [-0.39, 0.29) is 23.5 Å². The van der Waals surface area contributed by atoms with E-state index in [2.05, 4.69) is 20.5 Å². The highest BCUT2D eigenvalue weighted by Gasteiger charge is 2.27. The molecule has 2 N–H and O–H groups in total. The summed E-state index contributed by atoms with van der Waals surface area (Å²) >= 11 is 0. The lowest BCUT2D eigenvalue weighted by Crippen LogP contribution is -2.44. The summed E-state index contributed by atoms with van der Waals surface area (Å²) in [7, 11) is 0. The Labute approximate surface area is 195 Å². The SMILES string of the molecule is Cc1cncc(C(=O)Nc2ccc(F)c(CN3CCC(C(=O)NC4CCCCC4)CC3)c2)c1. The minimum absolute atomic E-state index is 0.0431. The Morgan fingerprint density at radius 3 is 2.55 bits per heavy atom. The van der Waals surface area contributed by atoms with Crippen LogP contribution in [0.3, 0.4) is 0 Å². The van der Waals surface area contributed by atoms with E-state index in [0.29, 0.717) is 29.4 Å². The van der Waals surface area contributed by atoms with Crippen LogP contribution in [0.4, 0.5) is 10.1 Å². The number of anilines is 1. The lowest BCUT2D eigenvalue weighted by atomic mass is 9.92. The molecule has 2 heterocycles. The molecule has 0 spiro atoms. The average molecular weight is 453 g/mol. The number of carbonyl (C=O) groups is 2. The number of halogens is 1. The summed E-state index contributed by atoms with van der Waals surface area (Å²) in [6, 6.07) is 6.76. The molecular weight excluding hydrogens is 419 g/mol. The van der Waals surface area contributed by atoms with Crippen molar-refractivity contribution in [1.82, 2.24) is 15.2 Å². The molecule has 2 aromatic rings. The molecular formula is C26H33FN4O2. The standard InChI is InChI=1S/C26H33FN4O2/c1-18-13-20(16-28-15-18)26(33)30-23-7-8-24(27)21(14-23)17-31-11-9-19(10-12-31)25(32)29-22-5-3-2-4-6-22/h7-8,13-16,19,22H,2-6,9-12,17H2,1H3,(H,29,32)(H,30,33). The first-order chi connectivity index (χ1) is 16.0. The second-order valence-electron chi connectivity index (χ2n) is 9.41. The van der Waals surface area contributed by atoms with E-state index in [1.54, 1.807) is 24.4 Å². The molecule has 2 amide bonds. The molecule has 1 aliphatic carbocycles. The lowest BCUT2D eigenvalue weighted by Gasteiger charge is -2.33. The van der Waals surface area contributed by atoms with Gasteiger partial charge in [-0.1, -0.05) is 19.3 Å². The summed E-state index contributed by atoms with van der Waals surface area (Å²) in [6.45, 7) is 3.85. The molecule has 176 valence electrons. The molecule has 1 aromatic carbocycles. The molecule has 0 unspecified atom stereocenters. The molecule has 4 rings (SSSR count). The number of nitrogens with zero attached hydrogens (tertiary/aromatic N) is 2. The number of hydrogen-bond acceptors (Lipinski definition) is 4. The Hall–Kier alpha value is -2.80. The Morgan fingerprint density at radius 2 is 1.82 bits per heavy atom. The van der Waals surface area contributed by atoms with Crippen LogP contribution in [0.1, 0.15) is 66.4 Å². The number of carbonyl (C=O) groups excluding carboxylic acids is 2. The molecule has 1 saturated carbocycles. The predicted octanol–water partition coefficient (Wildman–Crippen LogP) is 4.44. The van der Waals surface area contributed by atoms with Gasteiger partial charge in [0.2, 0.25) is 5.91 Å². The zero-order chi connectivity index (χ0) is 23.2. The van der Waals surface area contributed by atoms with Gasteiger partial charge in [-0.25, -0.2) is 4.39 Å². The third kappa shape index (κ3) is 6.38. The summed E-state index contributed by atoms with van der Waals surface area (Å²) in [5.74, 6) is -0.333. The number of nitrogens with one attached hydrogen (secondary N) is 2. The van der Waals surface area contributed by atoms with Gasteiger partial charge in [0.15, 0.2) is 0 Å². The van der Waals surface area contributed by atoms with Gasteiger partial charge in [-0.05, 0) is 75.5 Å². The maximum absolute atomic E-state index is 14.5. The maximum atomic E-state index is 14.5. The lowest BCUT2D eigenvalue weighted by molar-refractivity contribution is -0.127. The van der Waals surface area contributed by atoms with Gasteiger partial charge >= 0.3 is 0 Å². The Kier molecular flexibility index (Phi) is 7.70. The summed E-state index contributed by atoms with van der Waals surface area (Å²) in [4.78, 5) is 31.4. The third-order valence-electron chi connectivity index (χ3n) is 6.74. The van der Waals surface area contributed by atoms with E-state index in [9.17, 15) is 14.0 Å². The highest BCUT2D eigenvalue weighted by molar-refractivity contribution is 6.04. The van der Waals surface area contributed by atoms with E-state index in [4.69, 9.17) is 0 Å². The minimum Gasteiger partial charge on any atom is -0.353 e. The van der Waals surface area contributed by atoms with Crippen LogP contribution in [0.2, 0.25) is 0 Å². The molecule has 2 fully saturated rings. The number of aryl methyl sites for hydroxylation is 1. The fraction of sp³-hybridized carbons (Fsp3) is 0.500. The number of benzene rings is 1. The molecule has 6 nitrogen and oxygen atoms in total. The Balaban J connectivity index is 1.30. The molecule has 1 saturated heterocycles. The molecule has 1 aliphatic heterocycles. The summed E-state index contributed by atoms with van der Waals surface area (Å²) < 4.78 is 14.5. The topological polar surface area (TPSA) is 74.3 Å². The van der Waals surface area contributed by atoms with Gasteiger partial charge in [0.05, 0.1) is 5.56 Å². The van der Waals surface area contributed by atoms with Crippen molar-refractivity contribution < 1.29 is 14.0 Å². The van der Waals surface area contributed by atoms with Crippen LogP contribution < -0.4 is 10.6 Å². The quantitative estimate of drug-likeness (QED) is 0.680. The Bertz CT molecular complexity index is 982. The van der Waals surface area contributed by atoms with Gasteiger partial charge in [-0.15, -0.1) is 0 Å². The first-order valence-corrected chi connectivity index (χ1v) is 12.0. The number of likely N-dealkylation sites (tertiary alicyclic amines) is 1. The van der Waals surface area contributed by atoms with Crippen molar-refractivity contribution in [2.45, 2.75) is 64.5 Å². The third-order valence-corrected chi connectivity index (χ3v) is 6.74. The summed E-state index contributed by atoms with van der Waals surface area (Å²) in [5.41, 5.74) is 2.47. The molecule has 7 heteroatoms. The van der Waals surface area contributed by atoms with Crippen molar-refractivity contribution in [1.29, 1.82) is 0 Å². The van der Waals surface area contributed by atoms with E-state index >= 15 is 0 Å². The van der Waals surface area contributed by atoms with Crippen LogP contribution in [-0.2, 0) is 11.3 Å². The molecule has 1 aromatic heterocycles. The largest absolute Gasteiger partial charge is 0.353 e. The van der Waals surface area contributed by atoms with Crippen molar-refractivity contribution in [3.05, 3.63) is 59.2 Å². The predicted molar refractivity (Wildman–Crippen MR) is 126 cm³/mol. The number of amides is 2. The van der Waals surface area contributed by atoms with Gasteiger partial charge in [0, 0.05) is 42.1 Å². The highest BCUT2D eigenvalue weighted by Crippen LogP contribution is 2.24. The summed E-state index contributed by atoms with van der Waals surface area (Å²) in [6.07, 6.45) is 10.7. The zero-order valence-electron chi connectivity index (χ0n) is 19.3. The number of piperidine rings is 1. The van der Waals surface area contributed by atoms with Gasteiger partial charge in [0.1, 0.15) is 5.82 Å². The van der Waals surface area contributed by atoms with Gasteiger partial charge in [-0.2, -0.15) is 0 Å². The molecule has 33 heavy (non-hydrogen) atoms. The monoisotopic (exact) mass is 452 g/mol. The number of rotatable bonds is 6. The van der Waals surface area contributed by atoms with Crippen LogP contribution in [-0.4, -0.2) is 40.8 Å². The van der Waals surface area contributed by atoms with Crippen molar-refractivity contribution in [2.75, 3.05) is 18.4 Å². The molecule has 0 radical (unpaired) electrons. The fourth-order valence-electron chi connectivity index (χ4n) is 4.82. The van der Waals surface area contributed by atoms with Crippen molar-refractivity contribution >= 4 is 17.5 Å². The van der Waals surface area contributed by atoms with Gasteiger partial charge < -0.3 is 10.6 Å². The highest BCUT2D eigenvalue weighted by atomic mass is 19.1. The number of pyridine rings is 1. The first kappa shape index (κ1) is 23.4. The first-order valence-electron chi connectivity index (χ1n) is 12.0. The smallest absolute Gasteiger partial charge is 0.257 e. The van der Waals surface area contributed by atoms with E-state index in [1.165, 1.54) is 31.5 Å². The summed E-state index contributed by atoms with van der Waals surface area (Å²) in [5, 5.41) is 6.08. The van der Waals surface area contributed by atoms with Gasteiger partial charge in [0.25, 0.3) is 5.91 Å². The zero-order valence-corrected chi connectivity index (χ0v) is 19.3. The van der Waals surface area contributed by atoms with Crippen molar-refractivity contribution in [3.63, 3.8) is 0 Å². The van der Waals surface area contributed by atoms with E-state index < -0.39 is 0 Å².